The summed E-state index contributed by atoms with van der Waals surface area (Å²) in [6, 6.07) is 7.59. The second-order valence-electron chi connectivity index (χ2n) is 3.20. The van der Waals surface area contributed by atoms with Gasteiger partial charge in [-0.25, -0.2) is 4.98 Å². The van der Waals surface area contributed by atoms with E-state index in [-0.39, 0.29) is 0 Å². The first-order chi connectivity index (χ1) is 7.24. The lowest BCUT2D eigenvalue weighted by Crippen LogP contribution is -1.99. The van der Waals surface area contributed by atoms with Gasteiger partial charge in [-0.3, -0.25) is 0 Å². The number of nitrogens with zero attached hydrogens (tertiary/aromatic N) is 1. The maximum Gasteiger partial charge on any atom is 0.137 e. The van der Waals surface area contributed by atoms with Crippen LogP contribution in [0, 0.1) is 0 Å². The number of aromatic nitrogens is 1. The standard InChI is InChI=1S/C11H11ClN2O/c1-15-9-2-3-10-7(5-9)4-8(6-13)14-11(10)12/h2-5H,6,13H2,1H3. The van der Waals surface area contributed by atoms with Crippen molar-refractivity contribution in [3.63, 3.8) is 0 Å². The molecule has 0 radical (unpaired) electrons. The van der Waals surface area contributed by atoms with Crippen LogP contribution < -0.4 is 10.5 Å². The first-order valence-electron chi connectivity index (χ1n) is 4.58. The average Bonchev–Trinajstić information content (AvgIpc) is 2.28. The molecular formula is C11H11ClN2O. The maximum absolute atomic E-state index is 6.03. The molecule has 1 aromatic heterocycles. The number of fused-ring (bicyclic) bond motifs is 1. The number of halogens is 1. The van der Waals surface area contributed by atoms with Gasteiger partial charge in [0.15, 0.2) is 0 Å². The fourth-order valence-electron chi connectivity index (χ4n) is 1.48. The van der Waals surface area contributed by atoms with Crippen molar-refractivity contribution < 1.29 is 4.74 Å². The van der Waals surface area contributed by atoms with Crippen LogP contribution in [-0.2, 0) is 6.54 Å². The summed E-state index contributed by atoms with van der Waals surface area (Å²) in [5.41, 5.74) is 6.31. The second-order valence-corrected chi connectivity index (χ2v) is 3.55. The summed E-state index contributed by atoms with van der Waals surface area (Å²) >= 11 is 6.03. The summed E-state index contributed by atoms with van der Waals surface area (Å²) < 4.78 is 5.14. The van der Waals surface area contributed by atoms with E-state index in [1.54, 1.807) is 7.11 Å². The largest absolute Gasteiger partial charge is 0.497 e. The summed E-state index contributed by atoms with van der Waals surface area (Å²) in [6.45, 7) is 0.382. The van der Waals surface area contributed by atoms with Gasteiger partial charge in [0.1, 0.15) is 10.9 Å². The number of nitrogens with two attached hydrogens (primary N) is 1. The number of hydrogen-bond donors (Lipinski definition) is 1. The number of ether oxygens (including phenoxy) is 1. The molecule has 2 aromatic rings. The van der Waals surface area contributed by atoms with Gasteiger partial charge in [-0.1, -0.05) is 11.6 Å². The highest BCUT2D eigenvalue weighted by molar-refractivity contribution is 6.34. The monoisotopic (exact) mass is 222 g/mol. The van der Waals surface area contributed by atoms with Crippen LogP contribution in [0.5, 0.6) is 5.75 Å². The number of benzene rings is 1. The van der Waals surface area contributed by atoms with Crippen LogP contribution in [0.25, 0.3) is 10.8 Å². The Morgan fingerprint density at radius 1 is 1.40 bits per heavy atom. The van der Waals surface area contributed by atoms with Gasteiger partial charge >= 0.3 is 0 Å². The van der Waals surface area contributed by atoms with Crippen molar-refractivity contribution in [2.24, 2.45) is 5.73 Å². The van der Waals surface area contributed by atoms with Crippen LogP contribution in [0.4, 0.5) is 0 Å². The minimum absolute atomic E-state index is 0.382. The molecule has 1 aromatic carbocycles. The molecule has 0 atom stereocenters. The predicted octanol–water partition coefficient (Wildman–Crippen LogP) is 2.36. The van der Waals surface area contributed by atoms with Crippen molar-refractivity contribution >= 4 is 22.4 Å². The molecule has 0 aliphatic heterocycles. The summed E-state index contributed by atoms with van der Waals surface area (Å²) in [7, 11) is 1.63. The van der Waals surface area contributed by atoms with Crippen LogP contribution in [0.15, 0.2) is 24.3 Å². The summed E-state index contributed by atoms with van der Waals surface area (Å²) in [4.78, 5) is 4.17. The highest BCUT2D eigenvalue weighted by Crippen LogP contribution is 2.26. The molecule has 4 heteroatoms. The number of methoxy groups -OCH3 is 1. The Morgan fingerprint density at radius 3 is 2.87 bits per heavy atom. The molecule has 0 aliphatic rings. The van der Waals surface area contributed by atoms with Gasteiger partial charge in [-0.15, -0.1) is 0 Å². The summed E-state index contributed by atoms with van der Waals surface area (Å²) in [5.74, 6) is 0.799. The Hall–Kier alpha value is -1.32. The zero-order valence-electron chi connectivity index (χ0n) is 8.33. The molecular weight excluding hydrogens is 212 g/mol. The maximum atomic E-state index is 6.03. The van der Waals surface area contributed by atoms with E-state index in [1.165, 1.54) is 0 Å². The Bertz CT molecular complexity index is 494. The van der Waals surface area contributed by atoms with E-state index in [0.29, 0.717) is 11.7 Å². The fourth-order valence-corrected chi connectivity index (χ4v) is 1.76. The van der Waals surface area contributed by atoms with Crippen LogP contribution in [0.3, 0.4) is 0 Å². The van der Waals surface area contributed by atoms with Gasteiger partial charge in [0.25, 0.3) is 0 Å². The summed E-state index contributed by atoms with van der Waals surface area (Å²) in [5, 5.41) is 2.39. The lowest BCUT2D eigenvalue weighted by Gasteiger charge is -2.05. The molecule has 2 rings (SSSR count). The quantitative estimate of drug-likeness (QED) is 0.794. The van der Waals surface area contributed by atoms with Gasteiger partial charge in [-0.2, -0.15) is 0 Å². The molecule has 0 fully saturated rings. The topological polar surface area (TPSA) is 48.1 Å². The molecule has 0 aliphatic carbocycles. The smallest absolute Gasteiger partial charge is 0.137 e. The van der Waals surface area contributed by atoms with Crippen molar-refractivity contribution in [2.75, 3.05) is 7.11 Å². The minimum atomic E-state index is 0.382. The Kier molecular flexibility index (Phi) is 2.75. The first kappa shape index (κ1) is 10.2. The molecule has 0 unspecified atom stereocenters. The molecule has 78 valence electrons. The molecule has 1 heterocycles. The van der Waals surface area contributed by atoms with Crippen molar-refractivity contribution in [2.45, 2.75) is 6.54 Å². The highest BCUT2D eigenvalue weighted by atomic mass is 35.5. The highest BCUT2D eigenvalue weighted by Gasteiger charge is 2.04. The third-order valence-electron chi connectivity index (χ3n) is 2.25. The van der Waals surface area contributed by atoms with Crippen LogP contribution >= 0.6 is 11.6 Å². The minimum Gasteiger partial charge on any atom is -0.497 e. The number of rotatable bonds is 2. The lowest BCUT2D eigenvalue weighted by molar-refractivity contribution is 0.415. The van der Waals surface area contributed by atoms with Gasteiger partial charge < -0.3 is 10.5 Å². The third-order valence-corrected chi connectivity index (χ3v) is 2.54. The molecule has 0 saturated carbocycles. The fraction of sp³-hybridized carbons (Fsp3) is 0.182. The van der Waals surface area contributed by atoms with Gasteiger partial charge in [0.05, 0.1) is 12.8 Å². The normalized spacial score (nSPS) is 10.6. The number of hydrogen-bond acceptors (Lipinski definition) is 3. The lowest BCUT2D eigenvalue weighted by atomic mass is 10.1. The Labute approximate surface area is 92.8 Å². The number of pyridine rings is 1. The van der Waals surface area contributed by atoms with Crippen molar-refractivity contribution in [3.8, 4) is 5.75 Å². The van der Waals surface area contributed by atoms with Crippen molar-refractivity contribution in [1.82, 2.24) is 4.98 Å². The van der Waals surface area contributed by atoms with Gasteiger partial charge in [0, 0.05) is 11.9 Å². The van der Waals surface area contributed by atoms with E-state index in [1.807, 2.05) is 24.3 Å². The van der Waals surface area contributed by atoms with E-state index in [0.717, 1.165) is 22.2 Å². The zero-order valence-corrected chi connectivity index (χ0v) is 9.08. The van der Waals surface area contributed by atoms with Gasteiger partial charge in [0.2, 0.25) is 0 Å². The predicted molar refractivity (Wildman–Crippen MR) is 61.2 cm³/mol. The molecule has 15 heavy (non-hydrogen) atoms. The van der Waals surface area contributed by atoms with Crippen LogP contribution in [0.1, 0.15) is 5.69 Å². The summed E-state index contributed by atoms with van der Waals surface area (Å²) in [6.07, 6.45) is 0. The third kappa shape index (κ3) is 1.89. The Morgan fingerprint density at radius 2 is 2.20 bits per heavy atom. The van der Waals surface area contributed by atoms with E-state index >= 15 is 0 Å². The zero-order chi connectivity index (χ0) is 10.8. The molecule has 0 spiro atoms. The van der Waals surface area contributed by atoms with E-state index < -0.39 is 0 Å². The van der Waals surface area contributed by atoms with Gasteiger partial charge in [-0.05, 0) is 29.7 Å². The molecule has 0 saturated heterocycles. The Balaban J connectivity index is 2.69. The first-order valence-corrected chi connectivity index (χ1v) is 4.95. The average molecular weight is 223 g/mol. The van der Waals surface area contributed by atoms with Crippen molar-refractivity contribution in [1.29, 1.82) is 0 Å². The van der Waals surface area contributed by atoms with Crippen molar-refractivity contribution in [3.05, 3.63) is 35.1 Å². The van der Waals surface area contributed by atoms with E-state index in [2.05, 4.69) is 4.98 Å². The molecule has 0 amide bonds. The SMILES string of the molecule is COc1ccc2c(Cl)nc(CN)cc2c1. The van der Waals surface area contributed by atoms with Crippen LogP contribution in [-0.4, -0.2) is 12.1 Å². The van der Waals surface area contributed by atoms with Crippen LogP contribution in [0.2, 0.25) is 5.15 Å². The molecule has 2 N–H and O–H groups in total. The van der Waals surface area contributed by atoms with E-state index in [9.17, 15) is 0 Å². The van der Waals surface area contributed by atoms with E-state index in [4.69, 9.17) is 22.1 Å². The molecule has 0 bridgehead atoms. The molecule has 3 nitrogen and oxygen atoms in total. The second kappa shape index (κ2) is 4.04.